The van der Waals surface area contributed by atoms with Gasteiger partial charge >= 0.3 is 5.97 Å². The minimum absolute atomic E-state index is 0.000746. The SMILES string of the molecule is COC(=O)C1Cc2ccc3ccccc3c2C1. The number of fused-ring (bicyclic) bond motifs is 3. The second-order valence-corrected chi connectivity index (χ2v) is 4.55. The molecule has 0 fully saturated rings. The largest absolute Gasteiger partial charge is 0.469 e. The summed E-state index contributed by atoms with van der Waals surface area (Å²) in [5.41, 5.74) is 2.61. The molecule has 0 N–H and O–H groups in total. The first-order valence-corrected chi connectivity index (χ1v) is 5.87. The van der Waals surface area contributed by atoms with E-state index >= 15 is 0 Å². The van der Waals surface area contributed by atoms with Crippen LogP contribution in [0.25, 0.3) is 10.8 Å². The minimum Gasteiger partial charge on any atom is -0.469 e. The van der Waals surface area contributed by atoms with E-state index in [1.165, 1.54) is 29.0 Å². The summed E-state index contributed by atoms with van der Waals surface area (Å²) in [6.45, 7) is 0. The maximum absolute atomic E-state index is 11.6. The Balaban J connectivity index is 2.08. The Bertz CT molecular complexity index is 586. The third-order valence-corrected chi connectivity index (χ3v) is 3.59. The number of carbonyl (C=O) groups excluding carboxylic acids is 1. The van der Waals surface area contributed by atoms with Crippen LogP contribution in [0.15, 0.2) is 36.4 Å². The summed E-state index contributed by atoms with van der Waals surface area (Å²) in [5.74, 6) is -0.0916. The molecule has 2 nitrogen and oxygen atoms in total. The maximum atomic E-state index is 11.6. The fraction of sp³-hybridized carbons (Fsp3) is 0.267. The molecule has 86 valence electrons. The van der Waals surface area contributed by atoms with E-state index in [0.717, 1.165) is 12.8 Å². The zero-order chi connectivity index (χ0) is 11.8. The summed E-state index contributed by atoms with van der Waals surface area (Å²) < 4.78 is 4.84. The van der Waals surface area contributed by atoms with Crippen LogP contribution >= 0.6 is 0 Å². The van der Waals surface area contributed by atoms with Gasteiger partial charge in [-0.1, -0.05) is 36.4 Å². The van der Waals surface area contributed by atoms with Crippen molar-refractivity contribution in [3.8, 4) is 0 Å². The number of carbonyl (C=O) groups is 1. The first-order chi connectivity index (χ1) is 8.29. The highest BCUT2D eigenvalue weighted by molar-refractivity contribution is 5.88. The Morgan fingerprint density at radius 2 is 2.00 bits per heavy atom. The van der Waals surface area contributed by atoms with Gasteiger partial charge in [-0.2, -0.15) is 0 Å². The van der Waals surface area contributed by atoms with Crippen molar-refractivity contribution in [2.75, 3.05) is 7.11 Å². The second-order valence-electron chi connectivity index (χ2n) is 4.55. The Morgan fingerprint density at radius 3 is 2.82 bits per heavy atom. The Morgan fingerprint density at radius 1 is 1.18 bits per heavy atom. The molecule has 17 heavy (non-hydrogen) atoms. The van der Waals surface area contributed by atoms with Gasteiger partial charge in [0.05, 0.1) is 13.0 Å². The Kier molecular flexibility index (Phi) is 2.36. The van der Waals surface area contributed by atoms with Gasteiger partial charge < -0.3 is 4.74 Å². The first-order valence-electron chi connectivity index (χ1n) is 5.87. The van der Waals surface area contributed by atoms with Crippen molar-refractivity contribution >= 4 is 16.7 Å². The van der Waals surface area contributed by atoms with Crippen LogP contribution in [0.2, 0.25) is 0 Å². The number of methoxy groups -OCH3 is 1. The Labute approximate surface area is 100 Å². The number of hydrogen-bond acceptors (Lipinski definition) is 2. The second kappa shape index (κ2) is 3.88. The molecule has 0 aliphatic heterocycles. The number of esters is 1. The lowest BCUT2D eigenvalue weighted by Gasteiger charge is -2.05. The van der Waals surface area contributed by atoms with E-state index in [-0.39, 0.29) is 11.9 Å². The quantitative estimate of drug-likeness (QED) is 0.699. The summed E-state index contributed by atoms with van der Waals surface area (Å²) in [6, 6.07) is 12.6. The van der Waals surface area contributed by atoms with Crippen LogP contribution in [0.4, 0.5) is 0 Å². The van der Waals surface area contributed by atoms with Crippen LogP contribution in [0.1, 0.15) is 11.1 Å². The first kappa shape index (κ1) is 10.3. The van der Waals surface area contributed by atoms with Crippen LogP contribution in [0.5, 0.6) is 0 Å². The van der Waals surface area contributed by atoms with Crippen molar-refractivity contribution in [2.45, 2.75) is 12.8 Å². The molecule has 1 unspecified atom stereocenters. The van der Waals surface area contributed by atoms with Crippen LogP contribution < -0.4 is 0 Å². The molecule has 1 aliphatic rings. The molecular weight excluding hydrogens is 212 g/mol. The molecule has 2 heteroatoms. The molecule has 0 saturated heterocycles. The van der Waals surface area contributed by atoms with Crippen molar-refractivity contribution < 1.29 is 9.53 Å². The predicted molar refractivity (Wildman–Crippen MR) is 66.9 cm³/mol. The van der Waals surface area contributed by atoms with Gasteiger partial charge in [-0.05, 0) is 34.7 Å². The van der Waals surface area contributed by atoms with E-state index in [4.69, 9.17) is 4.74 Å². The zero-order valence-corrected chi connectivity index (χ0v) is 9.77. The highest BCUT2D eigenvalue weighted by atomic mass is 16.5. The minimum atomic E-state index is -0.0923. The average molecular weight is 226 g/mol. The van der Waals surface area contributed by atoms with E-state index < -0.39 is 0 Å². The van der Waals surface area contributed by atoms with E-state index in [1.54, 1.807) is 0 Å². The van der Waals surface area contributed by atoms with E-state index in [0.29, 0.717) is 0 Å². The third kappa shape index (κ3) is 1.60. The lowest BCUT2D eigenvalue weighted by Crippen LogP contribution is -2.15. The maximum Gasteiger partial charge on any atom is 0.309 e. The summed E-state index contributed by atoms with van der Waals surface area (Å²) in [6.07, 6.45) is 1.62. The van der Waals surface area contributed by atoms with Crippen LogP contribution in [-0.2, 0) is 22.4 Å². The van der Waals surface area contributed by atoms with Gasteiger partial charge in [-0.15, -0.1) is 0 Å². The monoisotopic (exact) mass is 226 g/mol. The molecule has 0 heterocycles. The molecule has 0 radical (unpaired) electrons. The molecule has 1 atom stereocenters. The van der Waals surface area contributed by atoms with E-state index in [2.05, 4.69) is 24.3 Å². The van der Waals surface area contributed by atoms with Gasteiger partial charge in [0.25, 0.3) is 0 Å². The van der Waals surface area contributed by atoms with Gasteiger partial charge in [0.15, 0.2) is 0 Å². The van der Waals surface area contributed by atoms with Gasteiger partial charge in [0, 0.05) is 0 Å². The Hall–Kier alpha value is -1.83. The van der Waals surface area contributed by atoms with Gasteiger partial charge in [0.1, 0.15) is 0 Å². The molecule has 0 aromatic heterocycles. The van der Waals surface area contributed by atoms with Gasteiger partial charge in [-0.25, -0.2) is 0 Å². The van der Waals surface area contributed by atoms with Crippen LogP contribution in [-0.4, -0.2) is 13.1 Å². The lowest BCUT2D eigenvalue weighted by atomic mass is 10.0. The molecule has 3 rings (SSSR count). The molecular formula is C15H14O2. The number of benzene rings is 2. The fourth-order valence-corrected chi connectivity index (χ4v) is 2.73. The molecule has 2 aromatic carbocycles. The van der Waals surface area contributed by atoms with Crippen molar-refractivity contribution in [3.63, 3.8) is 0 Å². The number of rotatable bonds is 1. The normalized spacial score (nSPS) is 18.1. The lowest BCUT2D eigenvalue weighted by molar-refractivity contribution is -0.145. The van der Waals surface area contributed by atoms with Crippen molar-refractivity contribution in [1.29, 1.82) is 0 Å². The molecule has 0 saturated carbocycles. The summed E-state index contributed by atoms with van der Waals surface area (Å²) >= 11 is 0. The predicted octanol–water partition coefficient (Wildman–Crippen LogP) is 2.73. The average Bonchev–Trinajstić information content (AvgIpc) is 2.82. The highest BCUT2D eigenvalue weighted by Crippen LogP contribution is 2.33. The fourth-order valence-electron chi connectivity index (χ4n) is 2.73. The van der Waals surface area contributed by atoms with E-state index in [1.807, 2.05) is 12.1 Å². The standard InChI is InChI=1S/C15H14O2/c1-17-15(16)12-8-11-7-6-10-4-2-3-5-13(10)14(11)9-12/h2-7,12H,8-9H2,1H3. The summed E-state index contributed by atoms with van der Waals surface area (Å²) in [4.78, 5) is 11.6. The van der Waals surface area contributed by atoms with Crippen molar-refractivity contribution in [3.05, 3.63) is 47.5 Å². The third-order valence-electron chi connectivity index (χ3n) is 3.59. The number of ether oxygens (including phenoxy) is 1. The van der Waals surface area contributed by atoms with Gasteiger partial charge in [0.2, 0.25) is 0 Å². The highest BCUT2D eigenvalue weighted by Gasteiger charge is 2.29. The van der Waals surface area contributed by atoms with Gasteiger partial charge in [-0.3, -0.25) is 4.79 Å². The smallest absolute Gasteiger partial charge is 0.309 e. The molecule has 1 aliphatic carbocycles. The molecule has 2 aromatic rings. The summed E-state index contributed by atoms with van der Waals surface area (Å²) in [5, 5.41) is 2.52. The van der Waals surface area contributed by atoms with Crippen molar-refractivity contribution in [1.82, 2.24) is 0 Å². The van der Waals surface area contributed by atoms with Crippen molar-refractivity contribution in [2.24, 2.45) is 5.92 Å². The summed E-state index contributed by atoms with van der Waals surface area (Å²) in [7, 11) is 1.46. The van der Waals surface area contributed by atoms with Crippen LogP contribution in [0.3, 0.4) is 0 Å². The molecule has 0 bridgehead atoms. The molecule has 0 amide bonds. The van der Waals surface area contributed by atoms with E-state index in [9.17, 15) is 4.79 Å². The zero-order valence-electron chi connectivity index (χ0n) is 9.77. The number of hydrogen-bond donors (Lipinski definition) is 0. The topological polar surface area (TPSA) is 26.3 Å². The molecule has 0 spiro atoms. The van der Waals surface area contributed by atoms with Crippen LogP contribution in [0, 0.1) is 5.92 Å².